The fraction of sp³-hybridized carbons (Fsp3) is 0.111. The third kappa shape index (κ3) is 4.22. The molecule has 2 N–H and O–H groups in total. The lowest BCUT2D eigenvalue weighted by Crippen LogP contribution is -2.26. The Hall–Kier alpha value is -3.26. The maximum absolute atomic E-state index is 12.4. The number of aromatic nitrogens is 1. The number of thiazole rings is 1. The Kier molecular flexibility index (Phi) is 5.23. The minimum atomic E-state index is -0.455. The predicted octanol–water partition coefficient (Wildman–Crippen LogP) is 4.29. The van der Waals surface area contributed by atoms with E-state index in [9.17, 15) is 14.9 Å². The van der Waals surface area contributed by atoms with Crippen molar-refractivity contribution in [3.05, 3.63) is 81.3 Å². The summed E-state index contributed by atoms with van der Waals surface area (Å²) in [6, 6.07) is 15.4. The van der Waals surface area contributed by atoms with Gasteiger partial charge in [-0.05, 0) is 24.6 Å². The van der Waals surface area contributed by atoms with Gasteiger partial charge in [0.15, 0.2) is 5.13 Å². The van der Waals surface area contributed by atoms with Crippen LogP contribution in [-0.4, -0.2) is 15.8 Å². The number of carbonyl (C=O) groups is 1. The van der Waals surface area contributed by atoms with Crippen molar-refractivity contribution < 1.29 is 9.72 Å². The largest absolute Gasteiger partial charge is 0.344 e. The monoisotopic (exact) mass is 368 g/mol. The molecule has 7 nitrogen and oxygen atoms in total. The van der Waals surface area contributed by atoms with Crippen LogP contribution in [0.3, 0.4) is 0 Å². The van der Waals surface area contributed by atoms with Gasteiger partial charge in [0.2, 0.25) is 0 Å². The highest BCUT2D eigenvalue weighted by Gasteiger charge is 2.15. The molecule has 132 valence electrons. The summed E-state index contributed by atoms with van der Waals surface area (Å²) in [7, 11) is 0. The van der Waals surface area contributed by atoms with Crippen molar-refractivity contribution in [3.8, 4) is 0 Å². The Morgan fingerprint density at radius 3 is 2.50 bits per heavy atom. The van der Waals surface area contributed by atoms with E-state index in [1.54, 1.807) is 17.5 Å². The first-order valence-corrected chi connectivity index (χ1v) is 8.73. The Balaban J connectivity index is 1.63. The van der Waals surface area contributed by atoms with Gasteiger partial charge in [-0.25, -0.2) is 4.98 Å². The van der Waals surface area contributed by atoms with E-state index in [1.807, 2.05) is 37.3 Å². The number of nitro groups is 1. The van der Waals surface area contributed by atoms with Gasteiger partial charge in [-0.15, -0.1) is 11.3 Å². The smallest absolute Gasteiger partial charge is 0.271 e. The molecule has 0 aliphatic rings. The molecule has 0 saturated heterocycles. The zero-order chi connectivity index (χ0) is 18.5. The van der Waals surface area contributed by atoms with Gasteiger partial charge in [-0.2, -0.15) is 0 Å². The van der Waals surface area contributed by atoms with Crippen LogP contribution in [0.15, 0.2) is 60.0 Å². The van der Waals surface area contributed by atoms with Crippen LogP contribution in [0.4, 0.5) is 16.5 Å². The molecular weight excluding hydrogens is 352 g/mol. The first-order chi connectivity index (χ1) is 12.5. The van der Waals surface area contributed by atoms with Gasteiger partial charge in [0.25, 0.3) is 11.6 Å². The molecule has 0 aliphatic heterocycles. The standard InChI is InChI=1S/C18H16N4O3S/c1-12(13-7-9-15(10-8-13)22(24)25)19-17(23)16-11-26-18(21-16)20-14-5-3-2-4-6-14/h2-12H,1H3,(H,19,23)(H,20,21)/t12-/m1/s1. The summed E-state index contributed by atoms with van der Waals surface area (Å²) in [6.07, 6.45) is 0. The lowest BCUT2D eigenvalue weighted by Gasteiger charge is -2.13. The lowest BCUT2D eigenvalue weighted by molar-refractivity contribution is -0.384. The van der Waals surface area contributed by atoms with E-state index in [-0.39, 0.29) is 17.6 Å². The van der Waals surface area contributed by atoms with Crippen molar-refractivity contribution in [1.29, 1.82) is 0 Å². The zero-order valence-electron chi connectivity index (χ0n) is 13.9. The van der Waals surface area contributed by atoms with Crippen LogP contribution < -0.4 is 10.6 Å². The summed E-state index contributed by atoms with van der Waals surface area (Å²) < 4.78 is 0. The summed E-state index contributed by atoms with van der Waals surface area (Å²) in [5, 5.41) is 19.0. The molecule has 0 spiro atoms. The minimum Gasteiger partial charge on any atom is -0.344 e. The highest BCUT2D eigenvalue weighted by atomic mass is 32.1. The third-order valence-electron chi connectivity index (χ3n) is 3.71. The minimum absolute atomic E-state index is 0.0170. The molecule has 1 amide bonds. The summed E-state index contributed by atoms with van der Waals surface area (Å²) in [5.74, 6) is -0.298. The molecule has 3 aromatic rings. The quantitative estimate of drug-likeness (QED) is 0.500. The Bertz CT molecular complexity index is 910. The van der Waals surface area contributed by atoms with Crippen molar-refractivity contribution in [3.63, 3.8) is 0 Å². The average Bonchev–Trinajstić information content (AvgIpc) is 3.11. The molecule has 8 heteroatoms. The molecule has 1 aromatic heterocycles. The van der Waals surface area contributed by atoms with Crippen LogP contribution in [0.1, 0.15) is 29.0 Å². The second kappa shape index (κ2) is 7.75. The number of anilines is 2. The first kappa shape index (κ1) is 17.6. The van der Waals surface area contributed by atoms with Crippen molar-refractivity contribution in [2.24, 2.45) is 0 Å². The average molecular weight is 368 g/mol. The van der Waals surface area contributed by atoms with E-state index in [4.69, 9.17) is 0 Å². The number of benzene rings is 2. The number of hydrogen-bond donors (Lipinski definition) is 2. The van der Waals surface area contributed by atoms with Gasteiger partial charge in [0.05, 0.1) is 11.0 Å². The van der Waals surface area contributed by atoms with Gasteiger partial charge in [0, 0.05) is 23.2 Å². The molecule has 0 aliphatic carbocycles. The summed E-state index contributed by atoms with van der Waals surface area (Å²) in [6.45, 7) is 1.81. The number of amides is 1. The molecule has 2 aromatic carbocycles. The van der Waals surface area contributed by atoms with Gasteiger partial charge in [0.1, 0.15) is 5.69 Å². The zero-order valence-corrected chi connectivity index (χ0v) is 14.7. The number of rotatable bonds is 6. The van der Waals surface area contributed by atoms with Gasteiger partial charge >= 0.3 is 0 Å². The second-order valence-electron chi connectivity index (χ2n) is 5.57. The van der Waals surface area contributed by atoms with Crippen LogP contribution in [0.25, 0.3) is 0 Å². The van der Waals surface area contributed by atoms with E-state index in [2.05, 4.69) is 15.6 Å². The van der Waals surface area contributed by atoms with Crippen molar-refractivity contribution in [1.82, 2.24) is 10.3 Å². The number of non-ortho nitro benzene ring substituents is 1. The van der Waals surface area contributed by atoms with Crippen LogP contribution in [-0.2, 0) is 0 Å². The number of nitro benzene ring substituents is 1. The van der Waals surface area contributed by atoms with E-state index < -0.39 is 4.92 Å². The molecule has 1 heterocycles. The maximum atomic E-state index is 12.4. The van der Waals surface area contributed by atoms with Crippen molar-refractivity contribution in [2.45, 2.75) is 13.0 Å². The van der Waals surface area contributed by atoms with E-state index in [0.717, 1.165) is 11.3 Å². The van der Waals surface area contributed by atoms with Gasteiger partial charge in [-0.1, -0.05) is 30.3 Å². The number of nitrogens with zero attached hydrogens (tertiary/aromatic N) is 2. The molecule has 3 rings (SSSR count). The fourth-order valence-electron chi connectivity index (χ4n) is 2.32. The van der Waals surface area contributed by atoms with Crippen LogP contribution in [0.5, 0.6) is 0 Å². The molecule has 1 atom stereocenters. The number of carbonyl (C=O) groups excluding carboxylic acids is 1. The second-order valence-corrected chi connectivity index (χ2v) is 6.43. The molecule has 0 unspecified atom stereocenters. The fourth-order valence-corrected chi connectivity index (χ4v) is 3.03. The summed E-state index contributed by atoms with van der Waals surface area (Å²) in [4.78, 5) is 26.9. The van der Waals surface area contributed by atoms with E-state index in [0.29, 0.717) is 10.8 Å². The highest BCUT2D eigenvalue weighted by Crippen LogP contribution is 2.22. The van der Waals surface area contributed by atoms with E-state index in [1.165, 1.54) is 23.5 Å². The predicted molar refractivity (Wildman–Crippen MR) is 101 cm³/mol. The lowest BCUT2D eigenvalue weighted by atomic mass is 10.1. The first-order valence-electron chi connectivity index (χ1n) is 7.86. The maximum Gasteiger partial charge on any atom is 0.271 e. The summed E-state index contributed by atoms with van der Waals surface area (Å²) >= 11 is 1.34. The number of para-hydroxylation sites is 1. The van der Waals surface area contributed by atoms with E-state index >= 15 is 0 Å². The Labute approximate surface area is 153 Å². The van der Waals surface area contributed by atoms with Gasteiger partial charge in [-0.3, -0.25) is 14.9 Å². The number of hydrogen-bond acceptors (Lipinski definition) is 6. The molecule has 26 heavy (non-hydrogen) atoms. The molecular formula is C18H16N4O3S. The normalized spacial score (nSPS) is 11.6. The topological polar surface area (TPSA) is 97.2 Å². The molecule has 0 bridgehead atoms. The van der Waals surface area contributed by atoms with Crippen molar-refractivity contribution >= 4 is 33.8 Å². The molecule has 0 fully saturated rings. The van der Waals surface area contributed by atoms with Gasteiger partial charge < -0.3 is 10.6 Å². The Morgan fingerprint density at radius 1 is 1.15 bits per heavy atom. The summed E-state index contributed by atoms with van der Waals surface area (Å²) in [5.41, 5.74) is 2.01. The molecule has 0 radical (unpaired) electrons. The van der Waals surface area contributed by atoms with Crippen LogP contribution in [0, 0.1) is 10.1 Å². The number of nitrogens with one attached hydrogen (secondary N) is 2. The molecule has 0 saturated carbocycles. The van der Waals surface area contributed by atoms with Crippen LogP contribution in [0.2, 0.25) is 0 Å². The third-order valence-corrected chi connectivity index (χ3v) is 4.47. The highest BCUT2D eigenvalue weighted by molar-refractivity contribution is 7.14. The Morgan fingerprint density at radius 2 is 1.85 bits per heavy atom. The van der Waals surface area contributed by atoms with Crippen molar-refractivity contribution in [2.75, 3.05) is 5.32 Å². The van der Waals surface area contributed by atoms with Crippen LogP contribution >= 0.6 is 11.3 Å². The SMILES string of the molecule is C[C@@H](NC(=O)c1csc(Nc2ccccc2)n1)c1ccc([N+](=O)[O-])cc1.